The van der Waals surface area contributed by atoms with Crippen LogP contribution >= 0.6 is 15.9 Å². The van der Waals surface area contributed by atoms with Gasteiger partial charge in [0.25, 0.3) is 0 Å². The van der Waals surface area contributed by atoms with Gasteiger partial charge in [-0.3, -0.25) is 4.79 Å². The summed E-state index contributed by atoms with van der Waals surface area (Å²) in [5, 5.41) is 2.46. The molecule has 0 spiro atoms. The molecule has 0 bridgehead atoms. The van der Waals surface area contributed by atoms with Crippen LogP contribution in [0.15, 0.2) is 10.5 Å². The molecule has 6 heteroatoms. The third-order valence-corrected chi connectivity index (χ3v) is 2.46. The number of rotatable bonds is 3. The lowest BCUT2D eigenvalue weighted by Crippen LogP contribution is -2.21. The normalized spacial score (nSPS) is 10.5. The minimum atomic E-state index is -1.22. The van der Waals surface area contributed by atoms with Gasteiger partial charge in [-0.2, -0.15) is 0 Å². The molecule has 15 heavy (non-hydrogen) atoms. The number of hydrogen-bond acceptors (Lipinski definition) is 2. The zero-order valence-electron chi connectivity index (χ0n) is 7.70. The molecule has 0 saturated heterocycles. The molecule has 0 unspecified atom stereocenters. The van der Waals surface area contributed by atoms with E-state index < -0.39 is 33.3 Å². The number of carbonyl (C=O) groups excluding carboxylic acids is 1. The van der Waals surface area contributed by atoms with Crippen LogP contribution in [0.4, 0.5) is 13.2 Å². The number of Topliss-reactive ketones (excluding diaryl/α,β-unsaturated/α-hetero) is 1. The van der Waals surface area contributed by atoms with Gasteiger partial charge in [0, 0.05) is 6.07 Å². The molecular formula is C9H7BrF3NO. The van der Waals surface area contributed by atoms with Crippen molar-refractivity contribution in [3.05, 3.63) is 33.6 Å². The van der Waals surface area contributed by atoms with Crippen LogP contribution in [0.2, 0.25) is 0 Å². The number of likely N-dealkylation sites (N-methyl/N-ethyl adjacent to an activating group) is 1. The Bertz CT molecular complexity index is 409. The molecule has 0 atom stereocenters. The zero-order valence-corrected chi connectivity index (χ0v) is 9.29. The maximum atomic E-state index is 13.3. The summed E-state index contributed by atoms with van der Waals surface area (Å²) in [6, 6.07) is 0.468. The van der Waals surface area contributed by atoms with E-state index in [0.717, 1.165) is 0 Å². The van der Waals surface area contributed by atoms with E-state index in [2.05, 4.69) is 21.2 Å². The second kappa shape index (κ2) is 4.76. The summed E-state index contributed by atoms with van der Waals surface area (Å²) in [4.78, 5) is 11.3. The van der Waals surface area contributed by atoms with E-state index in [1.165, 1.54) is 7.05 Å². The van der Waals surface area contributed by atoms with E-state index in [0.29, 0.717) is 6.07 Å². The smallest absolute Gasteiger partial charge is 0.182 e. The summed E-state index contributed by atoms with van der Waals surface area (Å²) in [6.07, 6.45) is 0. The van der Waals surface area contributed by atoms with Crippen molar-refractivity contribution in [2.45, 2.75) is 0 Å². The average Bonchev–Trinajstić information content (AvgIpc) is 2.15. The highest BCUT2D eigenvalue weighted by Gasteiger charge is 2.22. The molecule has 0 aliphatic rings. The second-order valence-corrected chi connectivity index (χ2v) is 3.59. The molecule has 1 aromatic carbocycles. The molecule has 2 nitrogen and oxygen atoms in total. The Morgan fingerprint density at radius 2 is 2.00 bits per heavy atom. The number of benzene rings is 1. The lowest BCUT2D eigenvalue weighted by Gasteiger charge is -2.06. The van der Waals surface area contributed by atoms with E-state index in [1.54, 1.807) is 0 Å². The third-order valence-electron chi connectivity index (χ3n) is 1.73. The van der Waals surface area contributed by atoms with Crippen molar-refractivity contribution in [3.8, 4) is 0 Å². The summed E-state index contributed by atoms with van der Waals surface area (Å²) in [7, 11) is 1.46. The first-order chi connectivity index (χ1) is 6.99. The van der Waals surface area contributed by atoms with Gasteiger partial charge in [0.15, 0.2) is 11.6 Å². The molecule has 82 valence electrons. The van der Waals surface area contributed by atoms with Crippen LogP contribution < -0.4 is 5.32 Å². The standard InChI is InChI=1S/C9H7BrF3NO/c1-14-3-6(15)7-4(11)2-5(12)8(10)9(7)13/h2,14H,3H2,1H3. The van der Waals surface area contributed by atoms with Gasteiger partial charge in [-0.15, -0.1) is 0 Å². The fraction of sp³-hybridized carbons (Fsp3) is 0.222. The molecule has 0 aliphatic carbocycles. The molecular weight excluding hydrogens is 275 g/mol. The highest BCUT2D eigenvalue weighted by atomic mass is 79.9. The van der Waals surface area contributed by atoms with Gasteiger partial charge in [0.2, 0.25) is 0 Å². The summed E-state index contributed by atoms with van der Waals surface area (Å²) >= 11 is 2.59. The summed E-state index contributed by atoms with van der Waals surface area (Å²) in [6.45, 7) is -0.216. The summed E-state index contributed by atoms with van der Waals surface area (Å²) in [5.74, 6) is -4.26. The molecule has 0 saturated carbocycles. The fourth-order valence-electron chi connectivity index (χ4n) is 1.07. The minimum absolute atomic E-state index is 0.216. The van der Waals surface area contributed by atoms with E-state index >= 15 is 0 Å². The van der Waals surface area contributed by atoms with E-state index in [-0.39, 0.29) is 6.54 Å². The zero-order chi connectivity index (χ0) is 11.6. The van der Waals surface area contributed by atoms with Crippen LogP contribution in [0.3, 0.4) is 0 Å². The van der Waals surface area contributed by atoms with Crippen LogP contribution in [0.1, 0.15) is 10.4 Å². The lowest BCUT2D eigenvalue weighted by atomic mass is 10.1. The minimum Gasteiger partial charge on any atom is -0.313 e. The SMILES string of the molecule is CNCC(=O)c1c(F)cc(F)c(Br)c1F. The average molecular weight is 282 g/mol. The van der Waals surface area contributed by atoms with Gasteiger partial charge in [0.05, 0.1) is 16.6 Å². The Morgan fingerprint density at radius 3 is 2.53 bits per heavy atom. The van der Waals surface area contributed by atoms with Crippen LogP contribution in [0.25, 0.3) is 0 Å². The summed E-state index contributed by atoms with van der Waals surface area (Å²) < 4.78 is 38.7. The first-order valence-electron chi connectivity index (χ1n) is 3.99. The molecule has 0 aliphatic heterocycles. The van der Waals surface area contributed by atoms with Gasteiger partial charge in [-0.25, -0.2) is 13.2 Å². The highest BCUT2D eigenvalue weighted by molar-refractivity contribution is 9.10. The van der Waals surface area contributed by atoms with Crippen molar-refractivity contribution in [1.29, 1.82) is 0 Å². The monoisotopic (exact) mass is 281 g/mol. The topological polar surface area (TPSA) is 29.1 Å². The Hall–Kier alpha value is -0.880. The van der Waals surface area contributed by atoms with Gasteiger partial charge >= 0.3 is 0 Å². The van der Waals surface area contributed by atoms with E-state index in [1.807, 2.05) is 0 Å². The van der Waals surface area contributed by atoms with Crippen molar-refractivity contribution in [2.24, 2.45) is 0 Å². The quantitative estimate of drug-likeness (QED) is 0.523. The maximum Gasteiger partial charge on any atom is 0.182 e. The Morgan fingerprint density at radius 1 is 1.40 bits per heavy atom. The molecule has 1 aromatic rings. The number of carbonyl (C=O) groups is 1. The largest absolute Gasteiger partial charge is 0.313 e. The van der Waals surface area contributed by atoms with Crippen LogP contribution in [0, 0.1) is 17.5 Å². The second-order valence-electron chi connectivity index (χ2n) is 2.80. The Kier molecular flexibility index (Phi) is 3.87. The Labute approximate surface area is 92.6 Å². The maximum absolute atomic E-state index is 13.3. The van der Waals surface area contributed by atoms with Crippen LogP contribution in [0.5, 0.6) is 0 Å². The van der Waals surface area contributed by atoms with Gasteiger partial charge in [-0.05, 0) is 23.0 Å². The predicted molar refractivity (Wildman–Crippen MR) is 52.3 cm³/mol. The predicted octanol–water partition coefficient (Wildman–Crippen LogP) is 2.27. The summed E-state index contributed by atoms with van der Waals surface area (Å²) in [5.41, 5.74) is -0.738. The lowest BCUT2D eigenvalue weighted by molar-refractivity contribution is 0.0985. The molecule has 1 N–H and O–H groups in total. The number of halogens is 4. The van der Waals surface area contributed by atoms with Crippen LogP contribution in [-0.2, 0) is 0 Å². The van der Waals surface area contributed by atoms with Gasteiger partial charge < -0.3 is 5.32 Å². The molecule has 0 heterocycles. The van der Waals surface area contributed by atoms with E-state index in [4.69, 9.17) is 0 Å². The number of hydrogen-bond donors (Lipinski definition) is 1. The van der Waals surface area contributed by atoms with Crippen molar-refractivity contribution >= 4 is 21.7 Å². The fourth-order valence-corrected chi connectivity index (χ4v) is 1.38. The van der Waals surface area contributed by atoms with Crippen molar-refractivity contribution in [3.63, 3.8) is 0 Å². The highest BCUT2D eigenvalue weighted by Crippen LogP contribution is 2.25. The van der Waals surface area contributed by atoms with Crippen molar-refractivity contribution in [2.75, 3.05) is 13.6 Å². The van der Waals surface area contributed by atoms with Crippen molar-refractivity contribution < 1.29 is 18.0 Å². The van der Waals surface area contributed by atoms with Gasteiger partial charge in [-0.1, -0.05) is 0 Å². The molecule has 0 fully saturated rings. The van der Waals surface area contributed by atoms with Gasteiger partial charge in [0.1, 0.15) is 11.6 Å². The molecule has 0 aromatic heterocycles. The van der Waals surface area contributed by atoms with Crippen LogP contribution in [-0.4, -0.2) is 19.4 Å². The van der Waals surface area contributed by atoms with Crippen molar-refractivity contribution in [1.82, 2.24) is 5.32 Å². The number of ketones is 1. The van der Waals surface area contributed by atoms with E-state index in [9.17, 15) is 18.0 Å². The molecule has 1 rings (SSSR count). The first-order valence-corrected chi connectivity index (χ1v) is 4.79. The Balaban J connectivity index is 3.29. The molecule has 0 radical (unpaired) electrons. The first kappa shape index (κ1) is 12.2. The third kappa shape index (κ3) is 2.38. The molecule has 0 amide bonds. The number of nitrogens with one attached hydrogen (secondary N) is 1.